The number of amides is 1. The fourth-order valence-electron chi connectivity index (χ4n) is 1.95. The Balaban J connectivity index is 2.06. The Labute approximate surface area is 128 Å². The van der Waals surface area contributed by atoms with Gasteiger partial charge in [-0.25, -0.2) is 4.98 Å². The lowest BCUT2D eigenvalue weighted by Gasteiger charge is -2.25. The van der Waals surface area contributed by atoms with E-state index in [0.717, 1.165) is 0 Å². The number of benzene rings is 1. The topological polar surface area (TPSA) is 84.2 Å². The Morgan fingerprint density at radius 2 is 2.05 bits per heavy atom. The third-order valence-corrected chi connectivity index (χ3v) is 3.54. The van der Waals surface area contributed by atoms with Crippen molar-refractivity contribution in [2.45, 2.75) is 33.4 Å². The van der Waals surface area contributed by atoms with Crippen LogP contribution >= 0.6 is 0 Å². The monoisotopic (exact) mass is 303 g/mol. The molecule has 0 aliphatic heterocycles. The van der Waals surface area contributed by atoms with E-state index in [1.807, 2.05) is 20.8 Å². The van der Waals surface area contributed by atoms with Crippen LogP contribution in [0.25, 0.3) is 10.9 Å². The molecule has 0 bridgehead atoms. The summed E-state index contributed by atoms with van der Waals surface area (Å²) in [5, 5.41) is 13.0. The smallest absolute Gasteiger partial charge is 0.261 e. The summed E-state index contributed by atoms with van der Waals surface area (Å²) in [6, 6.07) is 7.00. The molecule has 118 valence electrons. The van der Waals surface area contributed by atoms with Crippen LogP contribution in [-0.2, 0) is 11.3 Å². The molecule has 6 nitrogen and oxygen atoms in total. The first-order valence-corrected chi connectivity index (χ1v) is 7.18. The summed E-state index contributed by atoms with van der Waals surface area (Å²) in [5.74, 6) is -0.331. The predicted octanol–water partition coefficient (Wildman–Crippen LogP) is 0.920. The highest BCUT2D eigenvalue weighted by Crippen LogP contribution is 2.18. The molecule has 0 aliphatic carbocycles. The number of aromatic nitrogens is 2. The molecule has 0 saturated heterocycles. The quantitative estimate of drug-likeness (QED) is 0.879. The first kappa shape index (κ1) is 16.2. The van der Waals surface area contributed by atoms with Gasteiger partial charge in [0.25, 0.3) is 5.56 Å². The van der Waals surface area contributed by atoms with E-state index in [1.54, 1.807) is 24.3 Å². The van der Waals surface area contributed by atoms with E-state index in [9.17, 15) is 14.7 Å². The maximum atomic E-state index is 12.3. The molecule has 1 amide bonds. The van der Waals surface area contributed by atoms with Crippen molar-refractivity contribution in [1.82, 2.24) is 14.9 Å². The average Bonchev–Trinajstić information content (AvgIpc) is 2.47. The molecular formula is C16H21N3O3. The van der Waals surface area contributed by atoms with Crippen LogP contribution in [-0.4, -0.2) is 33.2 Å². The van der Waals surface area contributed by atoms with Crippen LogP contribution in [0, 0.1) is 5.41 Å². The third kappa shape index (κ3) is 3.71. The second-order valence-corrected chi connectivity index (χ2v) is 6.38. The molecule has 2 rings (SSSR count). The number of aliphatic hydroxyl groups excluding tert-OH is 1. The van der Waals surface area contributed by atoms with Crippen molar-refractivity contribution in [3.05, 3.63) is 40.9 Å². The standard InChI is InChI=1S/C16H21N3O3/c1-16(2,3)13(20)8-17-14(21)9-19-10-18-12-7-5-4-6-11(12)15(19)22/h4-7,10,13,20H,8-9H2,1-3H3,(H,17,21). The maximum Gasteiger partial charge on any atom is 0.261 e. The average molecular weight is 303 g/mol. The van der Waals surface area contributed by atoms with E-state index in [4.69, 9.17) is 0 Å². The lowest BCUT2D eigenvalue weighted by atomic mass is 9.89. The van der Waals surface area contributed by atoms with Crippen molar-refractivity contribution in [3.63, 3.8) is 0 Å². The summed E-state index contributed by atoms with van der Waals surface area (Å²) in [4.78, 5) is 28.3. The van der Waals surface area contributed by atoms with Gasteiger partial charge < -0.3 is 10.4 Å². The van der Waals surface area contributed by atoms with Crippen LogP contribution in [0.15, 0.2) is 35.4 Å². The van der Waals surface area contributed by atoms with Gasteiger partial charge in [-0.05, 0) is 17.5 Å². The van der Waals surface area contributed by atoms with Gasteiger partial charge in [0.15, 0.2) is 0 Å². The van der Waals surface area contributed by atoms with Gasteiger partial charge in [-0.1, -0.05) is 32.9 Å². The Morgan fingerprint density at radius 1 is 1.36 bits per heavy atom. The molecule has 0 aliphatic rings. The van der Waals surface area contributed by atoms with Gasteiger partial charge in [0.05, 0.1) is 23.3 Å². The number of para-hydroxylation sites is 1. The molecule has 0 fully saturated rings. The number of nitrogens with one attached hydrogen (secondary N) is 1. The molecule has 1 aromatic carbocycles. The van der Waals surface area contributed by atoms with E-state index in [-0.39, 0.29) is 30.0 Å². The summed E-state index contributed by atoms with van der Waals surface area (Å²) in [5.41, 5.74) is 0.0404. The molecule has 0 spiro atoms. The third-order valence-electron chi connectivity index (χ3n) is 3.54. The van der Waals surface area contributed by atoms with Gasteiger partial charge in [-0.15, -0.1) is 0 Å². The Morgan fingerprint density at radius 3 is 2.73 bits per heavy atom. The van der Waals surface area contributed by atoms with Gasteiger partial charge in [0, 0.05) is 6.54 Å². The van der Waals surface area contributed by atoms with Crippen molar-refractivity contribution in [3.8, 4) is 0 Å². The molecular weight excluding hydrogens is 282 g/mol. The first-order chi connectivity index (χ1) is 10.3. The van der Waals surface area contributed by atoms with Crippen molar-refractivity contribution in [2.24, 2.45) is 5.41 Å². The van der Waals surface area contributed by atoms with Crippen LogP contribution in [0.2, 0.25) is 0 Å². The van der Waals surface area contributed by atoms with Crippen LogP contribution in [0.1, 0.15) is 20.8 Å². The second kappa shape index (κ2) is 6.27. The highest BCUT2D eigenvalue weighted by Gasteiger charge is 2.22. The Bertz CT molecular complexity index is 731. The lowest BCUT2D eigenvalue weighted by molar-refractivity contribution is -0.122. The van der Waals surface area contributed by atoms with Crippen molar-refractivity contribution < 1.29 is 9.90 Å². The zero-order valence-corrected chi connectivity index (χ0v) is 13.0. The van der Waals surface area contributed by atoms with Crippen LogP contribution in [0.3, 0.4) is 0 Å². The molecule has 22 heavy (non-hydrogen) atoms. The van der Waals surface area contributed by atoms with E-state index < -0.39 is 6.10 Å². The largest absolute Gasteiger partial charge is 0.391 e. The van der Waals surface area contributed by atoms with Crippen LogP contribution in [0.5, 0.6) is 0 Å². The minimum atomic E-state index is -0.650. The van der Waals surface area contributed by atoms with Gasteiger partial charge >= 0.3 is 0 Å². The maximum absolute atomic E-state index is 12.3. The number of hydrogen-bond acceptors (Lipinski definition) is 4. The zero-order valence-electron chi connectivity index (χ0n) is 13.0. The minimum Gasteiger partial charge on any atom is -0.391 e. The Hall–Kier alpha value is -2.21. The summed E-state index contributed by atoms with van der Waals surface area (Å²) >= 11 is 0. The number of carbonyl (C=O) groups excluding carboxylic acids is 1. The van der Waals surface area contributed by atoms with E-state index in [0.29, 0.717) is 10.9 Å². The molecule has 2 aromatic rings. The fraction of sp³-hybridized carbons (Fsp3) is 0.438. The van der Waals surface area contributed by atoms with Crippen molar-refractivity contribution >= 4 is 16.8 Å². The SMILES string of the molecule is CC(C)(C)C(O)CNC(=O)Cn1cnc2ccccc2c1=O. The lowest BCUT2D eigenvalue weighted by Crippen LogP contribution is -2.41. The molecule has 6 heteroatoms. The van der Waals surface area contributed by atoms with E-state index in [1.165, 1.54) is 10.9 Å². The molecule has 0 radical (unpaired) electrons. The van der Waals surface area contributed by atoms with E-state index in [2.05, 4.69) is 10.3 Å². The number of carbonyl (C=O) groups is 1. The number of nitrogens with zero attached hydrogens (tertiary/aromatic N) is 2. The number of aliphatic hydroxyl groups is 1. The van der Waals surface area contributed by atoms with Crippen molar-refractivity contribution in [2.75, 3.05) is 6.54 Å². The van der Waals surface area contributed by atoms with Gasteiger partial charge in [-0.2, -0.15) is 0 Å². The Kier molecular flexibility index (Phi) is 4.61. The molecule has 1 heterocycles. The molecule has 2 N–H and O–H groups in total. The molecule has 0 saturated carbocycles. The van der Waals surface area contributed by atoms with Crippen molar-refractivity contribution in [1.29, 1.82) is 0 Å². The molecule has 1 aromatic heterocycles. The fourth-order valence-corrected chi connectivity index (χ4v) is 1.95. The summed E-state index contributed by atoms with van der Waals surface area (Å²) in [7, 11) is 0. The molecule has 1 unspecified atom stereocenters. The van der Waals surface area contributed by atoms with Gasteiger partial charge in [0.2, 0.25) is 5.91 Å². The highest BCUT2D eigenvalue weighted by atomic mass is 16.3. The minimum absolute atomic E-state index is 0.118. The highest BCUT2D eigenvalue weighted by molar-refractivity contribution is 5.78. The van der Waals surface area contributed by atoms with Crippen LogP contribution in [0.4, 0.5) is 0 Å². The predicted molar refractivity (Wildman–Crippen MR) is 84.5 cm³/mol. The van der Waals surface area contributed by atoms with Gasteiger partial charge in [0.1, 0.15) is 6.54 Å². The number of fused-ring (bicyclic) bond motifs is 1. The zero-order chi connectivity index (χ0) is 16.3. The summed E-state index contributed by atoms with van der Waals surface area (Å²) in [6.45, 7) is 5.70. The summed E-state index contributed by atoms with van der Waals surface area (Å²) < 4.78 is 1.27. The summed E-state index contributed by atoms with van der Waals surface area (Å²) in [6.07, 6.45) is 0.715. The number of hydrogen-bond donors (Lipinski definition) is 2. The van der Waals surface area contributed by atoms with E-state index >= 15 is 0 Å². The van der Waals surface area contributed by atoms with Gasteiger partial charge in [-0.3, -0.25) is 14.2 Å². The number of rotatable bonds is 4. The second-order valence-electron chi connectivity index (χ2n) is 6.38. The molecule has 1 atom stereocenters. The van der Waals surface area contributed by atoms with Crippen LogP contribution < -0.4 is 10.9 Å². The normalized spacial score (nSPS) is 13.1. The first-order valence-electron chi connectivity index (χ1n) is 7.18.